The lowest BCUT2D eigenvalue weighted by Gasteiger charge is -2.03. The number of fused-ring (bicyclic) bond motifs is 1. The molecule has 20 heavy (non-hydrogen) atoms. The summed E-state index contributed by atoms with van der Waals surface area (Å²) < 4.78 is 6.25. The predicted octanol–water partition coefficient (Wildman–Crippen LogP) is 4.12. The maximum Gasteiger partial charge on any atom is 0.286 e. The van der Waals surface area contributed by atoms with Crippen LogP contribution >= 0.6 is 22.9 Å². The Morgan fingerprint density at radius 3 is 3.05 bits per heavy atom. The third kappa shape index (κ3) is 2.71. The average molecular weight is 306 g/mol. The van der Waals surface area contributed by atoms with Crippen molar-refractivity contribution >= 4 is 38.9 Å². The standard InChI is InChI=1S/C15H12ClNO2S/c16-11-3-4-14-12(8-11)10(9-20-14)5-6-17-15(18)13-2-1-7-19-13/h1-4,7-9H,5-6H2,(H,17,18). The van der Waals surface area contributed by atoms with Crippen molar-refractivity contribution in [1.29, 1.82) is 0 Å². The van der Waals surface area contributed by atoms with E-state index in [1.54, 1.807) is 23.5 Å². The highest BCUT2D eigenvalue weighted by Crippen LogP contribution is 2.28. The summed E-state index contributed by atoms with van der Waals surface area (Å²) in [7, 11) is 0. The quantitative estimate of drug-likeness (QED) is 0.788. The number of benzene rings is 1. The first-order valence-corrected chi connectivity index (χ1v) is 7.47. The van der Waals surface area contributed by atoms with E-state index in [0.29, 0.717) is 12.3 Å². The minimum atomic E-state index is -0.187. The number of carbonyl (C=O) groups is 1. The van der Waals surface area contributed by atoms with Crippen LogP contribution in [0, 0.1) is 0 Å². The number of rotatable bonds is 4. The van der Waals surface area contributed by atoms with Crippen molar-refractivity contribution in [2.45, 2.75) is 6.42 Å². The molecule has 0 aliphatic carbocycles. The van der Waals surface area contributed by atoms with E-state index in [-0.39, 0.29) is 5.91 Å². The molecule has 0 bridgehead atoms. The van der Waals surface area contributed by atoms with E-state index in [2.05, 4.69) is 10.7 Å². The average Bonchev–Trinajstić information content (AvgIpc) is 3.08. The van der Waals surface area contributed by atoms with Gasteiger partial charge < -0.3 is 9.73 Å². The molecular weight excluding hydrogens is 294 g/mol. The maximum atomic E-state index is 11.7. The van der Waals surface area contributed by atoms with Crippen LogP contribution in [0.1, 0.15) is 16.1 Å². The number of thiophene rings is 1. The molecule has 0 fully saturated rings. The Morgan fingerprint density at radius 2 is 2.25 bits per heavy atom. The minimum absolute atomic E-state index is 0.187. The predicted molar refractivity (Wildman–Crippen MR) is 81.6 cm³/mol. The number of hydrogen-bond acceptors (Lipinski definition) is 3. The first-order valence-electron chi connectivity index (χ1n) is 6.21. The minimum Gasteiger partial charge on any atom is -0.459 e. The Balaban J connectivity index is 1.65. The molecule has 2 heterocycles. The summed E-state index contributed by atoms with van der Waals surface area (Å²) in [5.74, 6) is 0.149. The van der Waals surface area contributed by atoms with Crippen LogP contribution in [-0.2, 0) is 6.42 Å². The fourth-order valence-electron chi connectivity index (χ4n) is 2.05. The largest absolute Gasteiger partial charge is 0.459 e. The van der Waals surface area contributed by atoms with Crippen LogP contribution in [0.5, 0.6) is 0 Å². The molecule has 5 heteroatoms. The number of carbonyl (C=O) groups excluding carboxylic acids is 1. The van der Waals surface area contributed by atoms with Gasteiger partial charge in [-0.05, 0) is 53.1 Å². The monoisotopic (exact) mass is 305 g/mol. The summed E-state index contributed by atoms with van der Waals surface area (Å²) >= 11 is 7.71. The van der Waals surface area contributed by atoms with E-state index >= 15 is 0 Å². The summed E-state index contributed by atoms with van der Waals surface area (Å²) in [5.41, 5.74) is 1.20. The lowest BCUT2D eigenvalue weighted by Crippen LogP contribution is -2.25. The third-order valence-electron chi connectivity index (χ3n) is 3.04. The van der Waals surface area contributed by atoms with Crippen molar-refractivity contribution in [3.63, 3.8) is 0 Å². The molecule has 102 valence electrons. The van der Waals surface area contributed by atoms with Crippen molar-refractivity contribution in [1.82, 2.24) is 5.32 Å². The zero-order valence-corrected chi connectivity index (χ0v) is 12.1. The van der Waals surface area contributed by atoms with E-state index in [9.17, 15) is 4.79 Å². The van der Waals surface area contributed by atoms with Crippen LogP contribution in [0.4, 0.5) is 0 Å². The first kappa shape index (κ1) is 13.2. The molecule has 3 nitrogen and oxygen atoms in total. The van der Waals surface area contributed by atoms with E-state index in [1.165, 1.54) is 16.5 Å². The molecule has 0 radical (unpaired) electrons. The van der Waals surface area contributed by atoms with Gasteiger partial charge in [-0.3, -0.25) is 4.79 Å². The number of halogens is 1. The molecule has 0 aliphatic rings. The van der Waals surface area contributed by atoms with Gasteiger partial charge in [0.15, 0.2) is 5.76 Å². The van der Waals surface area contributed by atoms with Crippen LogP contribution in [0.2, 0.25) is 5.02 Å². The SMILES string of the molecule is O=C(NCCc1csc2ccc(Cl)cc12)c1ccco1. The van der Waals surface area contributed by atoms with Crippen molar-refractivity contribution in [3.8, 4) is 0 Å². The molecular formula is C15H12ClNO2S. The Labute approximate surface area is 125 Å². The van der Waals surface area contributed by atoms with Crippen LogP contribution in [-0.4, -0.2) is 12.5 Å². The van der Waals surface area contributed by atoms with E-state index in [4.69, 9.17) is 16.0 Å². The van der Waals surface area contributed by atoms with Crippen LogP contribution < -0.4 is 5.32 Å². The highest BCUT2D eigenvalue weighted by molar-refractivity contribution is 7.17. The Bertz CT molecular complexity index is 734. The molecule has 1 aromatic carbocycles. The highest BCUT2D eigenvalue weighted by atomic mass is 35.5. The van der Waals surface area contributed by atoms with Crippen molar-refractivity contribution in [3.05, 3.63) is 58.3 Å². The van der Waals surface area contributed by atoms with E-state index in [0.717, 1.165) is 16.8 Å². The van der Waals surface area contributed by atoms with Crippen LogP contribution in [0.3, 0.4) is 0 Å². The van der Waals surface area contributed by atoms with Crippen molar-refractivity contribution in [2.75, 3.05) is 6.54 Å². The van der Waals surface area contributed by atoms with Gasteiger partial charge in [0.1, 0.15) is 0 Å². The summed E-state index contributed by atoms with van der Waals surface area (Å²) in [6.45, 7) is 0.567. The Kier molecular flexibility index (Phi) is 3.76. The molecule has 1 N–H and O–H groups in total. The summed E-state index contributed by atoms with van der Waals surface area (Å²) in [6, 6.07) is 9.23. The highest BCUT2D eigenvalue weighted by Gasteiger charge is 2.09. The number of hydrogen-bond donors (Lipinski definition) is 1. The molecule has 3 rings (SSSR count). The molecule has 2 aromatic heterocycles. The Hall–Kier alpha value is -1.78. The molecule has 0 saturated carbocycles. The van der Waals surface area contributed by atoms with Gasteiger partial charge in [0, 0.05) is 16.3 Å². The molecule has 0 aliphatic heterocycles. The van der Waals surface area contributed by atoms with Gasteiger partial charge in [-0.1, -0.05) is 11.6 Å². The summed E-state index contributed by atoms with van der Waals surface area (Å²) in [6.07, 6.45) is 2.26. The molecule has 0 spiro atoms. The zero-order valence-electron chi connectivity index (χ0n) is 10.6. The Morgan fingerprint density at radius 1 is 1.35 bits per heavy atom. The molecule has 1 amide bonds. The summed E-state index contributed by atoms with van der Waals surface area (Å²) in [5, 5.41) is 6.85. The van der Waals surface area contributed by atoms with Gasteiger partial charge in [0.2, 0.25) is 0 Å². The number of amides is 1. The lowest BCUT2D eigenvalue weighted by molar-refractivity contribution is 0.0926. The summed E-state index contributed by atoms with van der Waals surface area (Å²) in [4.78, 5) is 11.7. The van der Waals surface area contributed by atoms with Gasteiger partial charge in [-0.25, -0.2) is 0 Å². The normalized spacial score (nSPS) is 10.8. The second kappa shape index (κ2) is 5.69. The first-order chi connectivity index (χ1) is 9.74. The molecule has 0 saturated heterocycles. The van der Waals surface area contributed by atoms with Gasteiger partial charge in [-0.2, -0.15) is 0 Å². The van der Waals surface area contributed by atoms with Gasteiger partial charge in [0.25, 0.3) is 5.91 Å². The molecule has 3 aromatic rings. The van der Waals surface area contributed by atoms with Gasteiger partial charge in [-0.15, -0.1) is 11.3 Å². The van der Waals surface area contributed by atoms with Gasteiger partial charge in [0.05, 0.1) is 6.26 Å². The van der Waals surface area contributed by atoms with Crippen molar-refractivity contribution in [2.24, 2.45) is 0 Å². The molecule has 0 atom stereocenters. The maximum absolute atomic E-state index is 11.7. The lowest BCUT2D eigenvalue weighted by atomic mass is 10.1. The van der Waals surface area contributed by atoms with Gasteiger partial charge >= 0.3 is 0 Å². The van der Waals surface area contributed by atoms with E-state index in [1.807, 2.05) is 18.2 Å². The topological polar surface area (TPSA) is 42.2 Å². The fourth-order valence-corrected chi connectivity index (χ4v) is 3.20. The number of furan rings is 1. The molecule has 0 unspecified atom stereocenters. The van der Waals surface area contributed by atoms with Crippen LogP contribution in [0.25, 0.3) is 10.1 Å². The second-order valence-corrected chi connectivity index (χ2v) is 5.73. The third-order valence-corrected chi connectivity index (χ3v) is 4.29. The smallest absolute Gasteiger partial charge is 0.286 e. The number of nitrogens with one attached hydrogen (secondary N) is 1. The van der Waals surface area contributed by atoms with Crippen molar-refractivity contribution < 1.29 is 9.21 Å². The van der Waals surface area contributed by atoms with Crippen LogP contribution in [0.15, 0.2) is 46.4 Å². The fraction of sp³-hybridized carbons (Fsp3) is 0.133. The second-order valence-electron chi connectivity index (χ2n) is 4.38. The van der Waals surface area contributed by atoms with E-state index < -0.39 is 0 Å². The zero-order chi connectivity index (χ0) is 13.9.